The molecule has 0 spiro atoms. The Bertz CT molecular complexity index is 543. The van der Waals surface area contributed by atoms with E-state index in [9.17, 15) is 9.59 Å². The second-order valence-electron chi connectivity index (χ2n) is 3.67. The summed E-state index contributed by atoms with van der Waals surface area (Å²) < 4.78 is 9.68. The lowest BCUT2D eigenvalue weighted by atomic mass is 10.3. The Morgan fingerprint density at radius 2 is 2.00 bits per heavy atom. The van der Waals surface area contributed by atoms with Gasteiger partial charge in [-0.05, 0) is 26.0 Å². The van der Waals surface area contributed by atoms with Crippen LogP contribution in [0.4, 0.5) is 4.79 Å². The molecule has 108 valence electrons. The van der Waals surface area contributed by atoms with Crippen molar-refractivity contribution in [1.29, 1.82) is 0 Å². The maximum atomic E-state index is 11.6. The average Bonchev–Trinajstić information content (AvgIpc) is 2.33. The molecule has 1 aromatic carbocycles. The topological polar surface area (TPSA) is 64.6 Å². The van der Waals surface area contributed by atoms with E-state index in [0.29, 0.717) is 10.7 Å². The molecule has 0 atom stereocenters. The van der Waals surface area contributed by atoms with Crippen molar-refractivity contribution >= 4 is 35.3 Å². The van der Waals surface area contributed by atoms with E-state index in [-0.39, 0.29) is 17.4 Å². The zero-order valence-electron chi connectivity index (χ0n) is 10.9. The van der Waals surface area contributed by atoms with Crippen LogP contribution < -0.4 is 10.1 Å². The summed E-state index contributed by atoms with van der Waals surface area (Å²) in [6.45, 7) is 3.48. The van der Waals surface area contributed by atoms with Crippen molar-refractivity contribution in [3.05, 3.63) is 40.0 Å². The van der Waals surface area contributed by atoms with Crippen molar-refractivity contribution in [1.82, 2.24) is 5.32 Å². The lowest BCUT2D eigenvalue weighted by Crippen LogP contribution is -2.25. The first kappa shape index (κ1) is 16.3. The number of allylic oxidation sites excluding steroid dienone is 1. The summed E-state index contributed by atoms with van der Waals surface area (Å²) in [5, 5.41) is 3.01. The van der Waals surface area contributed by atoms with Gasteiger partial charge in [0.25, 0.3) is 0 Å². The fourth-order valence-electron chi connectivity index (χ4n) is 1.23. The number of esters is 1. The van der Waals surface area contributed by atoms with Gasteiger partial charge < -0.3 is 9.47 Å². The summed E-state index contributed by atoms with van der Waals surface area (Å²) in [5.74, 6) is -0.305. The lowest BCUT2D eigenvalue weighted by Gasteiger charge is -2.07. The Morgan fingerprint density at radius 1 is 1.30 bits per heavy atom. The SMILES string of the molecule is CCOC(=O)C=C(C)NC(=O)Oc1ccc(Cl)c(Cl)c1. The Morgan fingerprint density at radius 3 is 2.60 bits per heavy atom. The lowest BCUT2D eigenvalue weighted by molar-refractivity contribution is -0.137. The Hall–Kier alpha value is -1.72. The van der Waals surface area contributed by atoms with E-state index in [4.69, 9.17) is 32.7 Å². The second kappa shape index (κ2) is 7.77. The van der Waals surface area contributed by atoms with Crippen LogP contribution in [0.1, 0.15) is 13.8 Å². The summed E-state index contributed by atoms with van der Waals surface area (Å²) in [4.78, 5) is 22.7. The number of hydrogen-bond donors (Lipinski definition) is 1. The third kappa shape index (κ3) is 5.50. The molecule has 0 radical (unpaired) electrons. The van der Waals surface area contributed by atoms with Gasteiger partial charge in [-0.3, -0.25) is 5.32 Å². The van der Waals surface area contributed by atoms with Gasteiger partial charge in [-0.2, -0.15) is 0 Å². The van der Waals surface area contributed by atoms with E-state index in [0.717, 1.165) is 6.08 Å². The highest BCUT2D eigenvalue weighted by Crippen LogP contribution is 2.26. The van der Waals surface area contributed by atoms with Gasteiger partial charge in [-0.15, -0.1) is 0 Å². The third-order valence-electron chi connectivity index (χ3n) is 2.02. The zero-order chi connectivity index (χ0) is 15.1. The Kier molecular flexibility index (Phi) is 6.35. The largest absolute Gasteiger partial charge is 0.463 e. The van der Waals surface area contributed by atoms with Crippen LogP contribution in [0.15, 0.2) is 30.0 Å². The Labute approximate surface area is 126 Å². The van der Waals surface area contributed by atoms with Crippen LogP contribution >= 0.6 is 23.2 Å². The molecule has 7 heteroatoms. The number of ether oxygens (including phenoxy) is 2. The van der Waals surface area contributed by atoms with E-state index < -0.39 is 12.1 Å². The normalized spacial score (nSPS) is 10.9. The molecule has 0 saturated carbocycles. The van der Waals surface area contributed by atoms with Gasteiger partial charge in [-0.1, -0.05) is 23.2 Å². The van der Waals surface area contributed by atoms with Crippen LogP contribution in [0.5, 0.6) is 5.75 Å². The first-order valence-corrected chi connectivity index (χ1v) is 6.47. The van der Waals surface area contributed by atoms with E-state index in [1.54, 1.807) is 6.92 Å². The summed E-state index contributed by atoms with van der Waals surface area (Å²) in [6, 6.07) is 4.42. The van der Waals surface area contributed by atoms with Crippen molar-refractivity contribution in [3.8, 4) is 5.75 Å². The molecule has 1 N–H and O–H groups in total. The van der Waals surface area contributed by atoms with Gasteiger partial charge in [-0.25, -0.2) is 9.59 Å². The molecular weight excluding hydrogens is 305 g/mol. The molecule has 0 aliphatic carbocycles. The Balaban J connectivity index is 2.59. The monoisotopic (exact) mass is 317 g/mol. The summed E-state index contributed by atoms with van der Waals surface area (Å²) in [7, 11) is 0. The highest BCUT2D eigenvalue weighted by Gasteiger charge is 2.08. The van der Waals surface area contributed by atoms with Crippen molar-refractivity contribution < 1.29 is 19.1 Å². The fraction of sp³-hybridized carbons (Fsp3) is 0.231. The molecule has 0 fully saturated rings. The summed E-state index contributed by atoms with van der Waals surface area (Å²) >= 11 is 11.5. The molecule has 0 unspecified atom stereocenters. The minimum atomic E-state index is -0.749. The van der Waals surface area contributed by atoms with Gasteiger partial charge in [0.05, 0.1) is 16.7 Å². The predicted octanol–water partition coefficient (Wildman–Crippen LogP) is 3.55. The highest BCUT2D eigenvalue weighted by atomic mass is 35.5. The van der Waals surface area contributed by atoms with Crippen LogP contribution in [-0.2, 0) is 9.53 Å². The first-order valence-electron chi connectivity index (χ1n) is 5.71. The molecule has 0 bridgehead atoms. The average molecular weight is 318 g/mol. The van der Waals surface area contributed by atoms with E-state index >= 15 is 0 Å². The second-order valence-corrected chi connectivity index (χ2v) is 4.48. The van der Waals surface area contributed by atoms with Crippen molar-refractivity contribution in [2.24, 2.45) is 0 Å². The number of carbonyl (C=O) groups excluding carboxylic acids is 2. The summed E-state index contributed by atoms with van der Waals surface area (Å²) in [6.07, 6.45) is 0.404. The van der Waals surface area contributed by atoms with Gasteiger partial charge in [0, 0.05) is 17.8 Å². The maximum Gasteiger partial charge on any atom is 0.416 e. The number of rotatable bonds is 4. The number of amides is 1. The zero-order valence-corrected chi connectivity index (χ0v) is 12.4. The van der Waals surface area contributed by atoms with Crippen LogP contribution in [0.25, 0.3) is 0 Å². The molecular formula is C13H13Cl2NO4. The minimum Gasteiger partial charge on any atom is -0.463 e. The van der Waals surface area contributed by atoms with Crippen LogP contribution in [-0.4, -0.2) is 18.7 Å². The van der Waals surface area contributed by atoms with Crippen molar-refractivity contribution in [3.63, 3.8) is 0 Å². The third-order valence-corrected chi connectivity index (χ3v) is 2.76. The molecule has 0 saturated heterocycles. The maximum absolute atomic E-state index is 11.6. The van der Waals surface area contributed by atoms with E-state index in [1.807, 2.05) is 0 Å². The number of hydrogen-bond acceptors (Lipinski definition) is 4. The van der Waals surface area contributed by atoms with Crippen LogP contribution in [0, 0.1) is 0 Å². The molecule has 0 heterocycles. The van der Waals surface area contributed by atoms with Crippen LogP contribution in [0.2, 0.25) is 10.0 Å². The van der Waals surface area contributed by atoms with Crippen LogP contribution in [0.3, 0.4) is 0 Å². The minimum absolute atomic E-state index is 0.237. The van der Waals surface area contributed by atoms with E-state index in [2.05, 4.69) is 5.32 Å². The number of nitrogens with one attached hydrogen (secondary N) is 1. The molecule has 20 heavy (non-hydrogen) atoms. The predicted molar refractivity (Wildman–Crippen MR) is 76.0 cm³/mol. The van der Waals surface area contributed by atoms with Gasteiger partial charge >= 0.3 is 12.1 Å². The summed E-state index contributed by atoms with van der Waals surface area (Å²) in [5.41, 5.74) is 0.300. The number of carbonyl (C=O) groups is 2. The van der Waals surface area contributed by atoms with E-state index in [1.165, 1.54) is 25.1 Å². The molecule has 1 aromatic rings. The fourth-order valence-corrected chi connectivity index (χ4v) is 1.52. The number of benzene rings is 1. The van der Waals surface area contributed by atoms with Crippen molar-refractivity contribution in [2.75, 3.05) is 6.61 Å². The van der Waals surface area contributed by atoms with Crippen molar-refractivity contribution in [2.45, 2.75) is 13.8 Å². The molecule has 5 nitrogen and oxygen atoms in total. The standard InChI is InChI=1S/C13H13Cl2NO4/c1-3-19-12(17)6-8(2)16-13(18)20-9-4-5-10(14)11(15)7-9/h4-7H,3H2,1-2H3,(H,16,18). The molecule has 0 aliphatic heterocycles. The number of halogens is 2. The molecule has 1 rings (SSSR count). The first-order chi connectivity index (χ1) is 9.42. The van der Waals surface area contributed by atoms with Gasteiger partial charge in [0.2, 0.25) is 0 Å². The smallest absolute Gasteiger partial charge is 0.416 e. The molecule has 0 aromatic heterocycles. The van der Waals surface area contributed by atoms with Gasteiger partial charge in [0.15, 0.2) is 0 Å². The molecule has 1 amide bonds. The highest BCUT2D eigenvalue weighted by molar-refractivity contribution is 6.42. The van der Waals surface area contributed by atoms with Gasteiger partial charge in [0.1, 0.15) is 5.75 Å². The molecule has 0 aliphatic rings. The quantitative estimate of drug-likeness (QED) is 0.681.